The molecule has 9 heteroatoms. The summed E-state index contributed by atoms with van der Waals surface area (Å²) >= 11 is 0. The van der Waals surface area contributed by atoms with Gasteiger partial charge < -0.3 is 4.74 Å². The Bertz CT molecular complexity index is 980. The van der Waals surface area contributed by atoms with E-state index in [0.29, 0.717) is 18.1 Å². The van der Waals surface area contributed by atoms with Gasteiger partial charge in [-0.1, -0.05) is 50.8 Å². The first-order chi connectivity index (χ1) is 16.4. The molecule has 1 atom stereocenters. The van der Waals surface area contributed by atoms with Crippen molar-refractivity contribution >= 4 is 0 Å². The molecule has 1 fully saturated rings. The number of alkyl halides is 6. The number of ether oxygens (including phenoxy) is 1. The van der Waals surface area contributed by atoms with Crippen LogP contribution in [0.25, 0.3) is 11.1 Å². The highest BCUT2D eigenvalue weighted by Crippen LogP contribution is 2.40. The third-order valence-electron chi connectivity index (χ3n) is 6.60. The average Bonchev–Trinajstić information content (AvgIpc) is 2.80. The third-order valence-corrected chi connectivity index (χ3v) is 6.60. The first-order valence-electron chi connectivity index (χ1n) is 11.8. The van der Waals surface area contributed by atoms with Gasteiger partial charge in [0.25, 0.3) is 6.17 Å². The van der Waals surface area contributed by atoms with Crippen molar-refractivity contribution in [1.82, 2.24) is 0 Å². The van der Waals surface area contributed by atoms with E-state index in [1.165, 1.54) is 37.8 Å². The molecule has 1 nitrogen and oxygen atoms in total. The maximum Gasteiger partial charge on any atom is 0.439 e. The number of benzene rings is 2. The lowest BCUT2D eigenvalue weighted by Crippen LogP contribution is -2.45. The molecule has 3 rings (SSSR count). The van der Waals surface area contributed by atoms with Crippen LogP contribution in [0.15, 0.2) is 36.4 Å². The lowest BCUT2D eigenvalue weighted by Gasteiger charge is -2.29. The first-order valence-corrected chi connectivity index (χ1v) is 11.8. The average molecular weight is 508 g/mol. The summed E-state index contributed by atoms with van der Waals surface area (Å²) < 4.78 is 110. The Morgan fingerprint density at radius 2 is 1.57 bits per heavy atom. The highest BCUT2D eigenvalue weighted by Gasteiger charge is 2.59. The van der Waals surface area contributed by atoms with Crippen LogP contribution in [0.4, 0.5) is 35.1 Å². The van der Waals surface area contributed by atoms with Crippen LogP contribution in [0, 0.1) is 17.6 Å². The molecule has 1 unspecified atom stereocenters. The molecule has 0 aromatic heterocycles. The molecule has 2 aromatic rings. The minimum atomic E-state index is -5.89. The lowest BCUT2D eigenvalue weighted by molar-refractivity contribution is -0.305. The summed E-state index contributed by atoms with van der Waals surface area (Å²) in [5.41, 5.74) is 0.812. The van der Waals surface area contributed by atoms with Gasteiger partial charge in [0.1, 0.15) is 5.82 Å². The Hall–Kier alpha value is -2.32. The second-order valence-electron chi connectivity index (χ2n) is 9.17. The quantitative estimate of drug-likeness (QED) is 0.242. The Balaban J connectivity index is 1.68. The Morgan fingerprint density at radius 1 is 0.886 bits per heavy atom. The minimum absolute atomic E-state index is 0.00197. The number of halogens is 8. The zero-order valence-corrected chi connectivity index (χ0v) is 19.3. The molecule has 0 spiro atoms. The zero-order chi connectivity index (χ0) is 25.8. The van der Waals surface area contributed by atoms with Gasteiger partial charge in [0.05, 0.1) is 0 Å². The van der Waals surface area contributed by atoms with Crippen LogP contribution in [0.2, 0.25) is 0 Å². The fraction of sp³-hybridized carbons (Fsp3) is 0.538. The SMILES string of the molecule is CCCCCC1CCC(c2ccc(-c3ccc(OC(F)(F)C(F)C(F)(F)F)c(F)c3)c(F)c2)CC1. The van der Waals surface area contributed by atoms with Crippen molar-refractivity contribution in [2.75, 3.05) is 0 Å². The Labute approximate surface area is 199 Å². The fourth-order valence-electron chi connectivity index (χ4n) is 4.63. The Morgan fingerprint density at radius 3 is 2.14 bits per heavy atom. The van der Waals surface area contributed by atoms with Gasteiger partial charge in [0, 0.05) is 5.56 Å². The van der Waals surface area contributed by atoms with Gasteiger partial charge in [0.2, 0.25) is 0 Å². The van der Waals surface area contributed by atoms with Gasteiger partial charge in [-0.25, -0.2) is 13.2 Å². The van der Waals surface area contributed by atoms with Crippen LogP contribution < -0.4 is 4.74 Å². The van der Waals surface area contributed by atoms with E-state index in [-0.39, 0.29) is 17.0 Å². The molecule has 0 N–H and O–H groups in total. The summed E-state index contributed by atoms with van der Waals surface area (Å²) in [4.78, 5) is 0. The van der Waals surface area contributed by atoms with Crippen molar-refractivity contribution in [1.29, 1.82) is 0 Å². The summed E-state index contributed by atoms with van der Waals surface area (Å²) in [6.45, 7) is 2.17. The Kier molecular flexibility index (Phi) is 8.70. The maximum atomic E-state index is 14.9. The van der Waals surface area contributed by atoms with Gasteiger partial charge in [-0.3, -0.25) is 0 Å². The zero-order valence-electron chi connectivity index (χ0n) is 19.3. The topological polar surface area (TPSA) is 9.23 Å². The van der Waals surface area contributed by atoms with Crippen LogP contribution in [-0.4, -0.2) is 18.5 Å². The summed E-state index contributed by atoms with van der Waals surface area (Å²) in [7, 11) is 0. The van der Waals surface area contributed by atoms with Crippen LogP contribution >= 0.6 is 0 Å². The molecule has 0 radical (unpaired) electrons. The number of hydrogen-bond acceptors (Lipinski definition) is 1. The molecule has 0 saturated heterocycles. The second-order valence-corrected chi connectivity index (χ2v) is 9.17. The predicted molar refractivity (Wildman–Crippen MR) is 117 cm³/mol. The van der Waals surface area contributed by atoms with Gasteiger partial charge in [-0.2, -0.15) is 22.0 Å². The molecule has 0 amide bonds. The number of hydrogen-bond donors (Lipinski definition) is 0. The molecule has 0 aliphatic heterocycles. The molecule has 1 aliphatic rings. The largest absolute Gasteiger partial charge is 0.439 e. The van der Waals surface area contributed by atoms with Gasteiger partial charge in [-0.15, -0.1) is 0 Å². The molecule has 2 aromatic carbocycles. The van der Waals surface area contributed by atoms with Crippen LogP contribution in [0.5, 0.6) is 5.75 Å². The number of rotatable bonds is 9. The van der Waals surface area contributed by atoms with Crippen molar-refractivity contribution in [2.45, 2.75) is 82.7 Å². The van der Waals surface area contributed by atoms with E-state index in [1.807, 2.05) is 0 Å². The minimum Gasteiger partial charge on any atom is -0.427 e. The van der Waals surface area contributed by atoms with Crippen molar-refractivity contribution < 1.29 is 39.9 Å². The summed E-state index contributed by atoms with van der Waals surface area (Å²) in [6, 6.07) is 6.89. The van der Waals surface area contributed by atoms with Crippen molar-refractivity contribution in [3.8, 4) is 16.9 Å². The molecule has 0 bridgehead atoms. The molecule has 194 valence electrons. The van der Waals surface area contributed by atoms with Gasteiger partial charge in [0.15, 0.2) is 11.6 Å². The normalized spacial score (nSPS) is 20.0. The lowest BCUT2D eigenvalue weighted by atomic mass is 9.77. The molecular weight excluding hydrogens is 480 g/mol. The molecule has 35 heavy (non-hydrogen) atoms. The highest BCUT2D eigenvalue weighted by atomic mass is 19.4. The predicted octanol–water partition coefficient (Wildman–Crippen LogP) is 9.36. The molecular formula is C26H28F8O. The van der Waals surface area contributed by atoms with E-state index in [4.69, 9.17) is 0 Å². The summed E-state index contributed by atoms with van der Waals surface area (Å²) in [5, 5.41) is 0. The van der Waals surface area contributed by atoms with Crippen LogP contribution in [0.3, 0.4) is 0 Å². The molecule has 1 saturated carbocycles. The highest BCUT2D eigenvalue weighted by molar-refractivity contribution is 5.65. The first kappa shape index (κ1) is 27.3. The van der Waals surface area contributed by atoms with Crippen LogP contribution in [0.1, 0.15) is 69.8 Å². The molecule has 1 aliphatic carbocycles. The van der Waals surface area contributed by atoms with E-state index in [0.717, 1.165) is 37.3 Å². The van der Waals surface area contributed by atoms with Crippen LogP contribution in [-0.2, 0) is 0 Å². The maximum absolute atomic E-state index is 14.9. The summed E-state index contributed by atoms with van der Waals surface area (Å²) in [5.74, 6) is -2.47. The van der Waals surface area contributed by atoms with E-state index in [1.54, 1.807) is 6.07 Å². The van der Waals surface area contributed by atoms with E-state index >= 15 is 0 Å². The molecule has 0 heterocycles. The van der Waals surface area contributed by atoms with Gasteiger partial charge >= 0.3 is 12.3 Å². The van der Waals surface area contributed by atoms with E-state index in [9.17, 15) is 35.1 Å². The summed E-state index contributed by atoms with van der Waals surface area (Å²) in [6.07, 6.45) is -6.91. The van der Waals surface area contributed by atoms with Crippen molar-refractivity contribution in [3.05, 3.63) is 53.6 Å². The number of unbranched alkanes of at least 4 members (excludes halogenated alkanes) is 2. The monoisotopic (exact) mass is 508 g/mol. The second kappa shape index (κ2) is 11.2. The van der Waals surface area contributed by atoms with E-state index < -0.39 is 35.8 Å². The standard InChI is InChI=1S/C26H28F8O/c1-2-3-4-5-16-6-8-17(9-7-16)18-10-12-20(21(27)14-18)19-11-13-23(22(28)15-19)35-26(33,34)24(29)25(30,31)32/h10-17,24H,2-9H2,1H3. The van der Waals surface area contributed by atoms with Gasteiger partial charge in [-0.05, 0) is 66.8 Å². The third kappa shape index (κ3) is 6.88. The van der Waals surface area contributed by atoms with E-state index in [2.05, 4.69) is 11.7 Å². The fourth-order valence-corrected chi connectivity index (χ4v) is 4.63. The van der Waals surface area contributed by atoms with Crippen molar-refractivity contribution in [2.24, 2.45) is 5.92 Å². The smallest absolute Gasteiger partial charge is 0.427 e. The van der Waals surface area contributed by atoms with Crippen molar-refractivity contribution in [3.63, 3.8) is 0 Å².